The predicted molar refractivity (Wildman–Crippen MR) is 110 cm³/mol. The molecule has 1 saturated heterocycles. The molecular formula is C22H19F4N5O. The van der Waals surface area contributed by atoms with Gasteiger partial charge in [-0.3, -0.25) is 9.78 Å². The highest BCUT2D eigenvalue weighted by Crippen LogP contribution is 2.33. The number of carbonyl (C=O) groups excluding carboxylic acids is 1. The minimum Gasteiger partial charge on any atom is -0.355 e. The molecule has 166 valence electrons. The zero-order valence-electron chi connectivity index (χ0n) is 16.8. The number of amides is 1. The van der Waals surface area contributed by atoms with Crippen LogP contribution >= 0.6 is 0 Å². The second kappa shape index (κ2) is 8.89. The van der Waals surface area contributed by atoms with Crippen molar-refractivity contribution in [3.05, 3.63) is 66.2 Å². The van der Waals surface area contributed by atoms with E-state index >= 15 is 0 Å². The van der Waals surface area contributed by atoms with E-state index in [2.05, 4.69) is 20.5 Å². The molecule has 0 spiro atoms. The second-order valence-electron chi connectivity index (χ2n) is 7.46. The topological polar surface area (TPSA) is 71.0 Å². The molecule has 32 heavy (non-hydrogen) atoms. The summed E-state index contributed by atoms with van der Waals surface area (Å²) in [6.07, 6.45) is -0.441. The third-order valence-electron chi connectivity index (χ3n) is 5.34. The lowest BCUT2D eigenvalue weighted by Gasteiger charge is -2.31. The standard InChI is InChI=1S/C22H19F4N5O/c23-18-4-3-16(12-17(18)22(24,25)26)28-21(32)14-7-10-31(11-8-14)20-6-5-19(29-30-20)15-2-1-9-27-13-15/h1-6,9,12-14H,7-8,10-11H2,(H,28,32). The number of piperidine rings is 1. The monoisotopic (exact) mass is 445 g/mol. The number of halogens is 4. The normalized spacial score (nSPS) is 14.9. The Labute approximate surface area is 181 Å². The molecule has 0 aliphatic carbocycles. The molecule has 1 aliphatic heterocycles. The van der Waals surface area contributed by atoms with Gasteiger partial charge in [0.05, 0.1) is 11.3 Å². The summed E-state index contributed by atoms with van der Waals surface area (Å²) in [7, 11) is 0. The maximum Gasteiger partial charge on any atom is 0.419 e. The molecule has 0 unspecified atom stereocenters. The van der Waals surface area contributed by atoms with Gasteiger partial charge in [-0.05, 0) is 55.3 Å². The van der Waals surface area contributed by atoms with Gasteiger partial charge in [-0.1, -0.05) is 0 Å². The third-order valence-corrected chi connectivity index (χ3v) is 5.34. The molecular weight excluding hydrogens is 426 g/mol. The van der Waals surface area contributed by atoms with Crippen molar-refractivity contribution in [2.75, 3.05) is 23.3 Å². The lowest BCUT2D eigenvalue weighted by Crippen LogP contribution is -2.38. The van der Waals surface area contributed by atoms with E-state index in [-0.39, 0.29) is 17.5 Å². The summed E-state index contributed by atoms with van der Waals surface area (Å²) in [4.78, 5) is 18.6. The van der Waals surface area contributed by atoms with Crippen LogP contribution in [0.5, 0.6) is 0 Å². The van der Waals surface area contributed by atoms with Crippen molar-refractivity contribution in [2.24, 2.45) is 5.92 Å². The van der Waals surface area contributed by atoms with E-state index in [0.717, 1.165) is 11.6 Å². The maximum atomic E-state index is 13.4. The van der Waals surface area contributed by atoms with Gasteiger partial charge in [0, 0.05) is 42.7 Å². The summed E-state index contributed by atoms with van der Waals surface area (Å²) in [5.41, 5.74) is 0.0754. The van der Waals surface area contributed by atoms with E-state index < -0.39 is 17.6 Å². The van der Waals surface area contributed by atoms with Gasteiger partial charge in [0.2, 0.25) is 5.91 Å². The number of hydrogen-bond donors (Lipinski definition) is 1. The Morgan fingerprint density at radius 1 is 1.06 bits per heavy atom. The van der Waals surface area contributed by atoms with Crippen LogP contribution in [0.25, 0.3) is 11.3 Å². The number of benzene rings is 1. The lowest BCUT2D eigenvalue weighted by atomic mass is 9.95. The lowest BCUT2D eigenvalue weighted by molar-refractivity contribution is -0.140. The average molecular weight is 445 g/mol. The van der Waals surface area contributed by atoms with Crippen molar-refractivity contribution in [3.8, 4) is 11.3 Å². The molecule has 0 atom stereocenters. The first-order valence-corrected chi connectivity index (χ1v) is 9.98. The first kappa shape index (κ1) is 21.7. The molecule has 4 rings (SSSR count). The maximum absolute atomic E-state index is 13.4. The van der Waals surface area contributed by atoms with Crippen LogP contribution in [0, 0.1) is 11.7 Å². The van der Waals surface area contributed by atoms with Crippen molar-refractivity contribution in [2.45, 2.75) is 19.0 Å². The van der Waals surface area contributed by atoms with Gasteiger partial charge in [0.15, 0.2) is 5.82 Å². The number of hydrogen-bond acceptors (Lipinski definition) is 5. The highest BCUT2D eigenvalue weighted by atomic mass is 19.4. The van der Waals surface area contributed by atoms with Gasteiger partial charge in [-0.25, -0.2) is 4.39 Å². The van der Waals surface area contributed by atoms with Crippen molar-refractivity contribution in [1.82, 2.24) is 15.2 Å². The highest BCUT2D eigenvalue weighted by molar-refractivity contribution is 5.92. The summed E-state index contributed by atoms with van der Waals surface area (Å²) in [6, 6.07) is 9.85. The summed E-state index contributed by atoms with van der Waals surface area (Å²) in [6.45, 7) is 1.10. The van der Waals surface area contributed by atoms with E-state index in [1.807, 2.05) is 29.2 Å². The number of alkyl halides is 3. The van der Waals surface area contributed by atoms with Gasteiger partial charge < -0.3 is 10.2 Å². The van der Waals surface area contributed by atoms with Crippen LogP contribution in [-0.4, -0.2) is 34.2 Å². The molecule has 0 saturated carbocycles. The third kappa shape index (κ3) is 4.84. The fourth-order valence-electron chi connectivity index (χ4n) is 3.60. The fraction of sp³-hybridized carbons (Fsp3) is 0.273. The molecule has 0 radical (unpaired) electrons. The van der Waals surface area contributed by atoms with Gasteiger partial charge in [-0.2, -0.15) is 13.2 Å². The smallest absolute Gasteiger partial charge is 0.355 e. The highest BCUT2D eigenvalue weighted by Gasteiger charge is 2.34. The van der Waals surface area contributed by atoms with E-state index in [0.29, 0.717) is 49.6 Å². The van der Waals surface area contributed by atoms with Crippen LogP contribution in [0.1, 0.15) is 18.4 Å². The minimum absolute atomic E-state index is 0.0805. The van der Waals surface area contributed by atoms with Crippen molar-refractivity contribution < 1.29 is 22.4 Å². The number of rotatable bonds is 4. The van der Waals surface area contributed by atoms with Gasteiger partial charge in [-0.15, -0.1) is 10.2 Å². The zero-order valence-corrected chi connectivity index (χ0v) is 16.8. The van der Waals surface area contributed by atoms with Crippen LogP contribution in [0.2, 0.25) is 0 Å². The van der Waals surface area contributed by atoms with Crippen LogP contribution in [0.4, 0.5) is 29.1 Å². The van der Waals surface area contributed by atoms with Crippen LogP contribution < -0.4 is 10.2 Å². The van der Waals surface area contributed by atoms with Crippen LogP contribution in [-0.2, 0) is 11.0 Å². The summed E-state index contributed by atoms with van der Waals surface area (Å²) in [5, 5.41) is 11.0. The number of nitrogens with one attached hydrogen (secondary N) is 1. The van der Waals surface area contributed by atoms with Crippen molar-refractivity contribution >= 4 is 17.4 Å². The van der Waals surface area contributed by atoms with Crippen LogP contribution in [0.3, 0.4) is 0 Å². The molecule has 1 fully saturated rings. The number of pyridine rings is 1. The van der Waals surface area contributed by atoms with E-state index in [1.54, 1.807) is 12.4 Å². The van der Waals surface area contributed by atoms with E-state index in [1.165, 1.54) is 0 Å². The molecule has 3 heterocycles. The first-order valence-electron chi connectivity index (χ1n) is 9.98. The molecule has 1 aliphatic rings. The second-order valence-corrected chi connectivity index (χ2v) is 7.46. The number of anilines is 2. The zero-order chi connectivity index (χ0) is 22.7. The largest absolute Gasteiger partial charge is 0.419 e. The van der Waals surface area contributed by atoms with Crippen molar-refractivity contribution in [3.63, 3.8) is 0 Å². The van der Waals surface area contributed by atoms with Gasteiger partial charge in [0.25, 0.3) is 0 Å². The van der Waals surface area contributed by atoms with Gasteiger partial charge in [0.1, 0.15) is 5.82 Å². The Hall–Kier alpha value is -3.56. The predicted octanol–water partition coefficient (Wildman–Crippen LogP) is 4.55. The molecule has 0 bridgehead atoms. The van der Waals surface area contributed by atoms with Crippen molar-refractivity contribution in [1.29, 1.82) is 0 Å². The van der Waals surface area contributed by atoms with E-state index in [4.69, 9.17) is 0 Å². The minimum atomic E-state index is -4.83. The number of carbonyl (C=O) groups is 1. The summed E-state index contributed by atoms with van der Waals surface area (Å²) < 4.78 is 52.1. The Morgan fingerprint density at radius 3 is 2.47 bits per heavy atom. The average Bonchev–Trinajstić information content (AvgIpc) is 2.80. The summed E-state index contributed by atoms with van der Waals surface area (Å²) >= 11 is 0. The molecule has 1 aromatic carbocycles. The Kier molecular flexibility index (Phi) is 6.02. The quantitative estimate of drug-likeness (QED) is 0.597. The summed E-state index contributed by atoms with van der Waals surface area (Å²) in [5.74, 6) is -1.44. The molecule has 1 N–H and O–H groups in total. The Balaban J connectivity index is 1.35. The van der Waals surface area contributed by atoms with E-state index in [9.17, 15) is 22.4 Å². The Bertz CT molecular complexity index is 1080. The molecule has 1 amide bonds. The molecule has 2 aromatic heterocycles. The molecule has 6 nitrogen and oxygen atoms in total. The molecule has 10 heteroatoms. The number of aromatic nitrogens is 3. The first-order chi connectivity index (χ1) is 15.3. The molecule has 3 aromatic rings. The van der Waals surface area contributed by atoms with Crippen LogP contribution in [0.15, 0.2) is 54.9 Å². The van der Waals surface area contributed by atoms with Gasteiger partial charge >= 0.3 is 6.18 Å². The Morgan fingerprint density at radius 2 is 1.84 bits per heavy atom. The SMILES string of the molecule is O=C(Nc1ccc(F)c(C(F)(F)F)c1)C1CCN(c2ccc(-c3cccnc3)nn2)CC1. The fourth-order valence-corrected chi connectivity index (χ4v) is 3.60. The number of nitrogens with zero attached hydrogens (tertiary/aromatic N) is 4.